The number of unbranched alkanes of at least 4 members (excludes halogenated alkanes) is 1. The summed E-state index contributed by atoms with van der Waals surface area (Å²) in [5.41, 5.74) is 9.42. The molecule has 2 N–H and O–H groups in total. The van der Waals surface area contributed by atoms with Crippen LogP contribution in [0.5, 0.6) is 5.75 Å². The fourth-order valence-electron chi connectivity index (χ4n) is 3.75. The van der Waals surface area contributed by atoms with Crippen molar-refractivity contribution in [3.63, 3.8) is 0 Å². The summed E-state index contributed by atoms with van der Waals surface area (Å²) in [5.74, 6) is 2.73. The smallest absolute Gasteiger partial charge is 0.299 e. The van der Waals surface area contributed by atoms with Crippen molar-refractivity contribution < 1.29 is 9.53 Å². The van der Waals surface area contributed by atoms with E-state index in [0.29, 0.717) is 5.69 Å². The topological polar surface area (TPSA) is 68.5 Å². The van der Waals surface area contributed by atoms with Crippen molar-refractivity contribution in [3.05, 3.63) is 53.3 Å². The summed E-state index contributed by atoms with van der Waals surface area (Å²) in [6.45, 7) is 2.14. The third-order valence-electron chi connectivity index (χ3n) is 5.10. The highest BCUT2D eigenvalue weighted by atomic mass is 16.5. The molecule has 2 aromatic rings. The van der Waals surface area contributed by atoms with Gasteiger partial charge in [-0.05, 0) is 48.1 Å². The van der Waals surface area contributed by atoms with Crippen molar-refractivity contribution in [1.29, 1.82) is 0 Å². The Morgan fingerprint density at radius 1 is 1.41 bits per heavy atom. The van der Waals surface area contributed by atoms with E-state index in [4.69, 9.17) is 16.9 Å². The molecular formula is C22H25N3O2. The molecule has 0 fully saturated rings. The second-order valence-electron chi connectivity index (χ2n) is 6.85. The fourth-order valence-corrected chi connectivity index (χ4v) is 3.75. The van der Waals surface area contributed by atoms with Gasteiger partial charge in [0.05, 0.1) is 19.0 Å². The molecule has 2 heterocycles. The van der Waals surface area contributed by atoms with Crippen LogP contribution in [0.4, 0.5) is 5.69 Å². The largest absolute Gasteiger partial charge is 0.495 e. The van der Waals surface area contributed by atoms with Crippen LogP contribution >= 0.6 is 0 Å². The van der Waals surface area contributed by atoms with Gasteiger partial charge in [0, 0.05) is 11.7 Å². The van der Waals surface area contributed by atoms with Crippen molar-refractivity contribution in [1.82, 2.24) is 9.88 Å². The Labute approximate surface area is 160 Å². The average Bonchev–Trinajstić information content (AvgIpc) is 2.70. The first-order valence-corrected chi connectivity index (χ1v) is 9.26. The summed E-state index contributed by atoms with van der Waals surface area (Å²) < 4.78 is 5.36. The first-order chi connectivity index (χ1) is 13.1. The lowest BCUT2D eigenvalue weighted by Crippen LogP contribution is -2.47. The van der Waals surface area contributed by atoms with Crippen LogP contribution < -0.4 is 10.5 Å². The SMILES string of the molecule is C#CC(=O)N1[C@@H](CCCC)Cc2cc(OC)cnc2[C@@H]1c1ccc(N)cc1. The second kappa shape index (κ2) is 8.13. The minimum Gasteiger partial charge on any atom is -0.495 e. The van der Waals surface area contributed by atoms with Crippen molar-refractivity contribution in [2.45, 2.75) is 44.7 Å². The molecule has 0 unspecified atom stereocenters. The molecule has 3 rings (SSSR count). The van der Waals surface area contributed by atoms with Crippen LogP contribution in [0.2, 0.25) is 0 Å². The van der Waals surface area contributed by atoms with Crippen LogP contribution in [0.25, 0.3) is 0 Å². The minimum absolute atomic E-state index is 0.0254. The lowest BCUT2D eigenvalue weighted by molar-refractivity contribution is -0.130. The fraction of sp³-hybridized carbons (Fsp3) is 0.364. The number of nitrogens with two attached hydrogens (primary N) is 1. The number of hydrogen-bond donors (Lipinski definition) is 1. The van der Waals surface area contributed by atoms with Gasteiger partial charge < -0.3 is 15.4 Å². The van der Waals surface area contributed by atoms with Crippen LogP contribution in [0.3, 0.4) is 0 Å². The zero-order chi connectivity index (χ0) is 19.4. The predicted octanol–water partition coefficient (Wildman–Crippen LogP) is 3.34. The average molecular weight is 363 g/mol. The van der Waals surface area contributed by atoms with Gasteiger partial charge in [-0.2, -0.15) is 0 Å². The number of methoxy groups -OCH3 is 1. The summed E-state index contributed by atoms with van der Waals surface area (Å²) in [6.07, 6.45) is 10.9. The molecule has 1 aliphatic heterocycles. The Hall–Kier alpha value is -3.00. The molecule has 0 bridgehead atoms. The molecule has 1 amide bonds. The van der Waals surface area contributed by atoms with E-state index in [9.17, 15) is 4.79 Å². The Morgan fingerprint density at radius 3 is 2.78 bits per heavy atom. The van der Waals surface area contributed by atoms with E-state index in [-0.39, 0.29) is 18.0 Å². The van der Waals surface area contributed by atoms with Crippen LogP contribution in [-0.4, -0.2) is 28.9 Å². The van der Waals surface area contributed by atoms with Gasteiger partial charge in [0.15, 0.2) is 0 Å². The van der Waals surface area contributed by atoms with Crippen LogP contribution in [-0.2, 0) is 11.2 Å². The van der Waals surface area contributed by atoms with E-state index in [1.165, 1.54) is 0 Å². The number of carbonyl (C=O) groups excluding carboxylic acids is 1. The van der Waals surface area contributed by atoms with E-state index >= 15 is 0 Å². The Kier molecular flexibility index (Phi) is 5.66. The van der Waals surface area contributed by atoms with E-state index in [1.54, 1.807) is 13.3 Å². The van der Waals surface area contributed by atoms with Crippen molar-refractivity contribution in [2.24, 2.45) is 0 Å². The Morgan fingerprint density at radius 2 is 2.15 bits per heavy atom. The number of ether oxygens (including phenoxy) is 1. The number of nitrogen functional groups attached to an aromatic ring is 1. The van der Waals surface area contributed by atoms with Gasteiger partial charge in [-0.25, -0.2) is 0 Å². The number of terminal acetylenes is 1. The van der Waals surface area contributed by atoms with Crippen molar-refractivity contribution >= 4 is 11.6 Å². The highest BCUT2D eigenvalue weighted by molar-refractivity contribution is 5.94. The molecular weight excluding hydrogens is 338 g/mol. The number of benzene rings is 1. The minimum atomic E-state index is -0.328. The van der Waals surface area contributed by atoms with E-state index in [0.717, 1.165) is 48.3 Å². The molecule has 0 spiro atoms. The molecule has 1 aromatic carbocycles. The second-order valence-corrected chi connectivity index (χ2v) is 6.85. The lowest BCUT2D eigenvalue weighted by Gasteiger charge is -2.42. The maximum Gasteiger partial charge on any atom is 0.299 e. The summed E-state index contributed by atoms with van der Waals surface area (Å²) in [6, 6.07) is 9.27. The number of aromatic nitrogens is 1. The number of nitrogens with zero attached hydrogens (tertiary/aromatic N) is 2. The molecule has 2 atom stereocenters. The number of amides is 1. The number of fused-ring (bicyclic) bond motifs is 1. The predicted molar refractivity (Wildman–Crippen MR) is 106 cm³/mol. The number of rotatable bonds is 5. The number of pyridine rings is 1. The molecule has 27 heavy (non-hydrogen) atoms. The zero-order valence-corrected chi connectivity index (χ0v) is 15.8. The third kappa shape index (κ3) is 3.75. The molecule has 0 saturated carbocycles. The van der Waals surface area contributed by atoms with E-state index in [2.05, 4.69) is 17.8 Å². The summed E-state index contributed by atoms with van der Waals surface area (Å²) >= 11 is 0. The third-order valence-corrected chi connectivity index (χ3v) is 5.10. The van der Waals surface area contributed by atoms with Gasteiger partial charge in [0.1, 0.15) is 11.8 Å². The van der Waals surface area contributed by atoms with Crippen LogP contribution in [0.15, 0.2) is 36.5 Å². The van der Waals surface area contributed by atoms with Gasteiger partial charge in [0.2, 0.25) is 0 Å². The standard InChI is InChI=1S/C22H25N3O2/c1-4-6-7-18-12-16-13-19(27-3)14-24-21(16)22(25(18)20(26)5-2)15-8-10-17(23)11-9-15/h2,8-11,13-14,18,22H,4,6-7,12,23H2,1,3H3/t18-,22-/m0/s1. The van der Waals surface area contributed by atoms with Gasteiger partial charge in [-0.3, -0.25) is 9.78 Å². The number of anilines is 1. The van der Waals surface area contributed by atoms with E-state index < -0.39 is 0 Å². The molecule has 0 aliphatic carbocycles. The van der Waals surface area contributed by atoms with Crippen molar-refractivity contribution in [3.8, 4) is 18.1 Å². The maximum absolute atomic E-state index is 12.7. The number of carbonyl (C=O) groups is 1. The Balaban J connectivity index is 2.15. The van der Waals surface area contributed by atoms with Gasteiger partial charge in [0.25, 0.3) is 5.91 Å². The van der Waals surface area contributed by atoms with Crippen molar-refractivity contribution in [2.75, 3.05) is 12.8 Å². The quantitative estimate of drug-likeness (QED) is 0.653. The molecule has 0 radical (unpaired) electrons. The molecule has 1 aliphatic rings. The molecule has 0 saturated heterocycles. The van der Waals surface area contributed by atoms with Gasteiger partial charge in [-0.1, -0.05) is 31.9 Å². The molecule has 140 valence electrons. The number of hydrogen-bond acceptors (Lipinski definition) is 4. The molecule has 1 aromatic heterocycles. The summed E-state index contributed by atoms with van der Waals surface area (Å²) in [4.78, 5) is 19.2. The monoisotopic (exact) mass is 363 g/mol. The van der Waals surface area contributed by atoms with Crippen LogP contribution in [0, 0.1) is 12.3 Å². The Bertz CT molecular complexity index is 855. The first-order valence-electron chi connectivity index (χ1n) is 9.26. The van der Waals surface area contributed by atoms with Gasteiger partial charge >= 0.3 is 0 Å². The van der Waals surface area contributed by atoms with E-state index in [1.807, 2.05) is 35.2 Å². The zero-order valence-electron chi connectivity index (χ0n) is 15.8. The lowest BCUT2D eigenvalue weighted by atomic mass is 9.86. The highest BCUT2D eigenvalue weighted by Gasteiger charge is 2.38. The van der Waals surface area contributed by atoms with Crippen LogP contribution in [0.1, 0.15) is 49.0 Å². The molecule has 5 nitrogen and oxygen atoms in total. The highest BCUT2D eigenvalue weighted by Crippen LogP contribution is 2.39. The normalized spacial score (nSPS) is 18.5. The first kappa shape index (κ1) is 18.8. The molecule has 5 heteroatoms. The maximum atomic E-state index is 12.7. The summed E-state index contributed by atoms with van der Waals surface area (Å²) in [7, 11) is 1.63. The van der Waals surface area contributed by atoms with Gasteiger partial charge in [-0.15, -0.1) is 6.42 Å². The summed E-state index contributed by atoms with van der Waals surface area (Å²) in [5, 5.41) is 0.